The molecule has 0 atom stereocenters. The summed E-state index contributed by atoms with van der Waals surface area (Å²) in [5.41, 5.74) is -2.50. The fraction of sp³-hybridized carbons (Fsp3) is 0.357. The van der Waals surface area contributed by atoms with Gasteiger partial charge in [-0.1, -0.05) is 17.7 Å². The van der Waals surface area contributed by atoms with Crippen molar-refractivity contribution >= 4 is 29.3 Å². The van der Waals surface area contributed by atoms with E-state index < -0.39 is 71.8 Å². The van der Waals surface area contributed by atoms with Crippen molar-refractivity contribution in [2.24, 2.45) is 5.92 Å². The molecule has 0 bridgehead atoms. The van der Waals surface area contributed by atoms with Crippen LogP contribution in [0.1, 0.15) is 63.7 Å². The summed E-state index contributed by atoms with van der Waals surface area (Å²) in [6.45, 7) is -1.44. The van der Waals surface area contributed by atoms with E-state index in [1.165, 1.54) is 25.3 Å². The molecule has 1 aliphatic rings. The van der Waals surface area contributed by atoms with E-state index in [9.17, 15) is 41.4 Å². The van der Waals surface area contributed by atoms with Crippen LogP contribution in [0.2, 0.25) is 5.02 Å². The van der Waals surface area contributed by atoms with Crippen LogP contribution in [-0.2, 0) is 17.5 Å². The van der Waals surface area contributed by atoms with Gasteiger partial charge in [0.25, 0.3) is 5.91 Å². The highest BCUT2D eigenvalue weighted by Crippen LogP contribution is 2.39. The van der Waals surface area contributed by atoms with Gasteiger partial charge in [0, 0.05) is 12.6 Å². The molecule has 224 valence electrons. The summed E-state index contributed by atoms with van der Waals surface area (Å²) in [7, 11) is 1.27. The lowest BCUT2D eigenvalue weighted by molar-refractivity contribution is -0.147. The molecule has 0 radical (unpaired) electrons. The lowest BCUT2D eigenvalue weighted by Gasteiger charge is -2.28. The number of carboxylic acid groups (broad SMARTS) is 1. The standard InChI is InChI=1S/C28H25ClF5N3O5/c1-42-23-4-2-3-21(29)24(23)22(38)14-36(13-15-9-17(30)11-18(31)10-15)26(39)20-12-35-37(25(20)28(32,33)34)19-7-5-16(6-8-19)27(40)41/h2-4,9-12,16,19H,5-8,13-14H2,1H3,(H,40,41)/t16-,19-. The highest BCUT2D eigenvalue weighted by molar-refractivity contribution is 6.34. The van der Waals surface area contributed by atoms with E-state index in [2.05, 4.69) is 5.10 Å². The monoisotopic (exact) mass is 613 g/mol. The van der Waals surface area contributed by atoms with E-state index in [4.69, 9.17) is 16.3 Å². The summed E-state index contributed by atoms with van der Waals surface area (Å²) >= 11 is 6.19. The van der Waals surface area contributed by atoms with Gasteiger partial charge in [0.2, 0.25) is 0 Å². The summed E-state index contributed by atoms with van der Waals surface area (Å²) in [4.78, 5) is 39.1. The van der Waals surface area contributed by atoms with Crippen LogP contribution in [0, 0.1) is 17.6 Å². The highest BCUT2D eigenvalue weighted by Gasteiger charge is 2.43. The number of carbonyl (C=O) groups is 3. The van der Waals surface area contributed by atoms with E-state index in [-0.39, 0.29) is 47.6 Å². The predicted molar refractivity (Wildman–Crippen MR) is 139 cm³/mol. The number of methoxy groups -OCH3 is 1. The first-order valence-electron chi connectivity index (χ1n) is 12.8. The van der Waals surface area contributed by atoms with Crippen molar-refractivity contribution in [2.45, 2.75) is 44.4 Å². The van der Waals surface area contributed by atoms with Gasteiger partial charge in [0.1, 0.15) is 17.4 Å². The van der Waals surface area contributed by atoms with E-state index in [0.717, 1.165) is 23.2 Å². The van der Waals surface area contributed by atoms with Crippen LogP contribution in [0.4, 0.5) is 22.0 Å². The van der Waals surface area contributed by atoms with Gasteiger partial charge < -0.3 is 14.7 Å². The quantitative estimate of drug-likeness (QED) is 0.228. The van der Waals surface area contributed by atoms with Crippen LogP contribution in [0.3, 0.4) is 0 Å². The number of amides is 1. The summed E-state index contributed by atoms with van der Waals surface area (Å²) in [6, 6.07) is 5.86. The Hall–Kier alpha value is -4.00. The van der Waals surface area contributed by atoms with Gasteiger partial charge in [-0.3, -0.25) is 19.1 Å². The van der Waals surface area contributed by atoms with Gasteiger partial charge in [0.05, 0.1) is 48.0 Å². The number of hydrogen-bond donors (Lipinski definition) is 1. The maximum absolute atomic E-state index is 14.4. The number of rotatable bonds is 9. The maximum atomic E-state index is 14.4. The fourth-order valence-corrected chi connectivity index (χ4v) is 5.41. The van der Waals surface area contributed by atoms with Crippen molar-refractivity contribution in [3.05, 3.63) is 81.6 Å². The molecule has 1 N–H and O–H groups in total. The molecule has 8 nitrogen and oxygen atoms in total. The molecule has 1 amide bonds. The fourth-order valence-electron chi connectivity index (χ4n) is 5.14. The molecule has 2 aromatic carbocycles. The molecule has 1 fully saturated rings. The third-order valence-corrected chi connectivity index (χ3v) is 7.39. The first-order valence-corrected chi connectivity index (χ1v) is 13.1. The molecule has 3 aromatic rings. The van der Waals surface area contributed by atoms with Crippen LogP contribution in [0.15, 0.2) is 42.6 Å². The smallest absolute Gasteiger partial charge is 0.433 e. The van der Waals surface area contributed by atoms with Crippen molar-refractivity contribution in [3.8, 4) is 5.75 Å². The van der Waals surface area contributed by atoms with E-state index in [1.807, 2.05) is 0 Å². The number of hydrogen-bond acceptors (Lipinski definition) is 5. The average Bonchev–Trinajstić information content (AvgIpc) is 3.37. The molecule has 0 unspecified atom stereocenters. The van der Waals surface area contributed by atoms with Crippen molar-refractivity contribution < 1.29 is 46.2 Å². The van der Waals surface area contributed by atoms with E-state index >= 15 is 0 Å². The first kappa shape index (κ1) is 30.9. The number of carbonyl (C=O) groups excluding carboxylic acids is 2. The zero-order valence-electron chi connectivity index (χ0n) is 22.1. The zero-order chi connectivity index (χ0) is 30.8. The summed E-state index contributed by atoms with van der Waals surface area (Å²) in [5, 5.41) is 13.0. The Kier molecular flexibility index (Phi) is 9.19. The predicted octanol–water partition coefficient (Wildman–Crippen LogP) is 6.18. The Morgan fingerprint density at radius 3 is 2.31 bits per heavy atom. The number of benzene rings is 2. The van der Waals surface area contributed by atoms with Crippen LogP contribution < -0.4 is 4.74 Å². The Bertz CT molecular complexity index is 1480. The third kappa shape index (κ3) is 6.72. The molecular weight excluding hydrogens is 589 g/mol. The summed E-state index contributed by atoms with van der Waals surface area (Å²) in [5.74, 6) is -5.72. The Morgan fingerprint density at radius 2 is 1.74 bits per heavy atom. The van der Waals surface area contributed by atoms with Gasteiger partial charge in [-0.25, -0.2) is 8.78 Å². The lowest BCUT2D eigenvalue weighted by atomic mass is 9.86. The van der Waals surface area contributed by atoms with Crippen LogP contribution >= 0.6 is 11.6 Å². The van der Waals surface area contributed by atoms with Crippen LogP contribution in [-0.4, -0.2) is 51.1 Å². The minimum absolute atomic E-state index is 0.0377. The Balaban J connectivity index is 1.73. The number of aliphatic carboxylic acids is 1. The number of aromatic nitrogens is 2. The van der Waals surface area contributed by atoms with E-state index in [0.29, 0.717) is 10.7 Å². The second kappa shape index (κ2) is 12.5. The van der Waals surface area contributed by atoms with Crippen molar-refractivity contribution in [1.82, 2.24) is 14.7 Å². The molecule has 14 heteroatoms. The Labute approximate surface area is 241 Å². The van der Waals surface area contributed by atoms with Crippen LogP contribution in [0.5, 0.6) is 5.75 Å². The van der Waals surface area contributed by atoms with Gasteiger partial charge >= 0.3 is 12.1 Å². The third-order valence-electron chi connectivity index (χ3n) is 7.08. The average molecular weight is 614 g/mol. The maximum Gasteiger partial charge on any atom is 0.433 e. The van der Waals surface area contributed by atoms with Crippen molar-refractivity contribution in [1.29, 1.82) is 0 Å². The molecule has 0 saturated heterocycles. The number of carboxylic acids is 1. The number of ketones is 1. The normalized spacial score (nSPS) is 17.1. The van der Waals surface area contributed by atoms with Crippen molar-refractivity contribution in [2.75, 3.05) is 13.7 Å². The second-order valence-electron chi connectivity index (χ2n) is 9.87. The first-order chi connectivity index (χ1) is 19.8. The number of nitrogens with zero attached hydrogens (tertiary/aromatic N) is 3. The molecule has 0 aliphatic heterocycles. The Morgan fingerprint density at radius 1 is 1.10 bits per heavy atom. The van der Waals surface area contributed by atoms with Gasteiger partial charge in [-0.05, 0) is 55.5 Å². The SMILES string of the molecule is COc1cccc(Cl)c1C(=O)CN(Cc1cc(F)cc(F)c1)C(=O)c1cnn([C@H]2CC[C@H](C(=O)O)CC2)c1C(F)(F)F. The van der Waals surface area contributed by atoms with Crippen molar-refractivity contribution in [3.63, 3.8) is 0 Å². The summed E-state index contributed by atoms with van der Waals surface area (Å²) in [6.07, 6.45) is -3.89. The van der Waals surface area contributed by atoms with Gasteiger partial charge in [-0.2, -0.15) is 18.3 Å². The minimum Gasteiger partial charge on any atom is -0.496 e. The number of ether oxygens (including phenoxy) is 1. The topological polar surface area (TPSA) is 102 Å². The second-order valence-corrected chi connectivity index (χ2v) is 10.3. The van der Waals surface area contributed by atoms with E-state index in [1.54, 1.807) is 0 Å². The molecule has 0 spiro atoms. The van der Waals surface area contributed by atoms with Gasteiger partial charge in [0.15, 0.2) is 11.5 Å². The molecule has 1 heterocycles. The molecule has 4 rings (SSSR count). The van der Waals surface area contributed by atoms with Gasteiger partial charge in [-0.15, -0.1) is 0 Å². The molecule has 42 heavy (non-hydrogen) atoms. The molecule has 1 aliphatic carbocycles. The largest absolute Gasteiger partial charge is 0.496 e. The zero-order valence-corrected chi connectivity index (χ0v) is 22.9. The highest BCUT2D eigenvalue weighted by atomic mass is 35.5. The number of halogens is 6. The lowest BCUT2D eigenvalue weighted by Crippen LogP contribution is -2.37. The molecular formula is C28H25ClF5N3O5. The number of Topliss-reactive ketones (excluding diaryl/α,β-unsaturated/α-hetero) is 1. The van der Waals surface area contributed by atoms with Crippen LogP contribution in [0.25, 0.3) is 0 Å². The molecule has 1 aromatic heterocycles. The molecule has 1 saturated carbocycles. The summed E-state index contributed by atoms with van der Waals surface area (Å²) < 4.78 is 77.0. The number of alkyl halides is 3. The minimum atomic E-state index is -5.06.